The monoisotopic (exact) mass is 549 g/mol. The fourth-order valence-electron chi connectivity index (χ4n) is 3.80. The van der Waals surface area contributed by atoms with Crippen LogP contribution in [0, 0.1) is 0 Å². The third-order valence-corrected chi connectivity index (χ3v) is 7.24. The summed E-state index contributed by atoms with van der Waals surface area (Å²) in [6.45, 7) is 4.65. The van der Waals surface area contributed by atoms with Crippen molar-refractivity contribution in [2.75, 3.05) is 40.9 Å². The first-order valence-electron chi connectivity index (χ1n) is 14.6. The fraction of sp³-hybridized carbons (Fsp3) is 0.893. The molecule has 37 heavy (non-hydrogen) atoms. The highest BCUT2D eigenvalue weighted by molar-refractivity contribution is 7.47. The van der Waals surface area contributed by atoms with Crippen LogP contribution in [0.1, 0.15) is 110 Å². The zero-order valence-electron chi connectivity index (χ0n) is 24.5. The van der Waals surface area contributed by atoms with Crippen LogP contribution in [-0.2, 0) is 18.4 Å². The number of allylic oxidation sites excluding steroid dienone is 1. The maximum absolute atomic E-state index is 12.5. The standard InChI is InChI=1S/C28H57N2O6P/c1-6-8-10-12-13-14-15-16-18-19-21-27(31)26(29-28(32)22-20-17-11-9-7-2)25-36-37(33,34)35-24-23-30(3,4)5/h19,21,26-27,31H,6-18,20,22-25H2,1-5H3,(H-,29,32,33,34)/p+1/b21-19+. The number of nitrogens with zero attached hydrogens (tertiary/aromatic N) is 1. The Morgan fingerprint density at radius 3 is 2.00 bits per heavy atom. The highest BCUT2D eigenvalue weighted by Gasteiger charge is 2.27. The lowest BCUT2D eigenvalue weighted by atomic mass is 10.1. The van der Waals surface area contributed by atoms with Crippen molar-refractivity contribution in [3.8, 4) is 0 Å². The van der Waals surface area contributed by atoms with Gasteiger partial charge in [-0.1, -0.05) is 96.6 Å². The summed E-state index contributed by atoms with van der Waals surface area (Å²) in [6, 6.07) is -0.833. The van der Waals surface area contributed by atoms with Gasteiger partial charge in [0, 0.05) is 6.42 Å². The van der Waals surface area contributed by atoms with Gasteiger partial charge in [-0.2, -0.15) is 0 Å². The Kier molecular flexibility index (Phi) is 21.6. The first-order valence-corrected chi connectivity index (χ1v) is 16.1. The molecule has 0 aromatic heterocycles. The predicted octanol–water partition coefficient (Wildman–Crippen LogP) is 6.12. The molecule has 0 radical (unpaired) electrons. The van der Waals surface area contributed by atoms with Gasteiger partial charge in [-0.05, 0) is 19.3 Å². The first-order chi connectivity index (χ1) is 17.5. The first kappa shape index (κ1) is 36.2. The van der Waals surface area contributed by atoms with E-state index in [1.807, 2.05) is 27.2 Å². The number of phosphoric acid groups is 1. The molecule has 3 unspecified atom stereocenters. The van der Waals surface area contributed by atoms with Gasteiger partial charge in [-0.3, -0.25) is 13.8 Å². The molecule has 1 amide bonds. The maximum Gasteiger partial charge on any atom is 0.472 e. The molecular formula is C28H58N2O6P+. The summed E-state index contributed by atoms with van der Waals surface area (Å²) in [5.74, 6) is -0.195. The summed E-state index contributed by atoms with van der Waals surface area (Å²) >= 11 is 0. The second kappa shape index (κ2) is 22.1. The summed E-state index contributed by atoms with van der Waals surface area (Å²) in [5.41, 5.74) is 0. The minimum atomic E-state index is -4.30. The highest BCUT2D eigenvalue weighted by Crippen LogP contribution is 2.43. The number of rotatable bonds is 25. The smallest absolute Gasteiger partial charge is 0.387 e. The molecule has 8 nitrogen and oxygen atoms in total. The number of aliphatic hydroxyl groups excluding tert-OH is 1. The second-order valence-corrected chi connectivity index (χ2v) is 12.6. The van der Waals surface area contributed by atoms with Gasteiger partial charge < -0.3 is 19.8 Å². The van der Waals surface area contributed by atoms with Crippen LogP contribution in [-0.4, -0.2) is 73.4 Å². The van der Waals surface area contributed by atoms with Crippen LogP contribution in [0.25, 0.3) is 0 Å². The summed E-state index contributed by atoms with van der Waals surface area (Å²) < 4.78 is 23.1. The maximum atomic E-state index is 12.5. The van der Waals surface area contributed by atoms with Crippen molar-refractivity contribution in [1.82, 2.24) is 5.32 Å². The van der Waals surface area contributed by atoms with Gasteiger partial charge in [0.2, 0.25) is 5.91 Å². The molecule has 0 rings (SSSR count). The molecule has 0 spiro atoms. The number of phosphoric ester groups is 1. The molecule has 0 aliphatic rings. The van der Waals surface area contributed by atoms with Gasteiger partial charge in [-0.25, -0.2) is 4.57 Å². The number of nitrogens with one attached hydrogen (secondary N) is 1. The van der Waals surface area contributed by atoms with E-state index in [0.29, 0.717) is 17.4 Å². The lowest BCUT2D eigenvalue weighted by Gasteiger charge is -2.25. The van der Waals surface area contributed by atoms with Crippen molar-refractivity contribution in [1.29, 1.82) is 0 Å². The number of carbonyl (C=O) groups excluding carboxylic acids is 1. The third-order valence-electron chi connectivity index (χ3n) is 6.26. The summed E-state index contributed by atoms with van der Waals surface area (Å²) in [6.07, 6.45) is 18.8. The Hall–Kier alpha value is -0.760. The normalized spacial score (nSPS) is 15.5. The molecule has 0 aromatic rings. The third kappa shape index (κ3) is 24.0. The van der Waals surface area contributed by atoms with Crippen LogP contribution in [0.3, 0.4) is 0 Å². The zero-order valence-corrected chi connectivity index (χ0v) is 25.4. The van der Waals surface area contributed by atoms with E-state index in [-0.39, 0.29) is 19.1 Å². The Labute approximate surface area is 227 Å². The number of hydrogen-bond acceptors (Lipinski definition) is 5. The molecule has 0 heterocycles. The minimum absolute atomic E-state index is 0.0626. The molecule has 0 saturated carbocycles. The van der Waals surface area contributed by atoms with Crippen LogP contribution in [0.2, 0.25) is 0 Å². The van der Waals surface area contributed by atoms with E-state index < -0.39 is 20.0 Å². The Morgan fingerprint density at radius 1 is 0.892 bits per heavy atom. The average molecular weight is 550 g/mol. The Bertz CT molecular complexity index is 639. The number of likely N-dealkylation sites (N-methyl/N-ethyl adjacent to an activating group) is 1. The molecule has 0 aliphatic carbocycles. The molecule has 9 heteroatoms. The molecule has 0 bridgehead atoms. The summed E-state index contributed by atoms with van der Waals surface area (Å²) in [4.78, 5) is 22.5. The van der Waals surface area contributed by atoms with Crippen LogP contribution in [0.5, 0.6) is 0 Å². The van der Waals surface area contributed by atoms with Gasteiger partial charge in [0.1, 0.15) is 13.2 Å². The number of carbonyl (C=O) groups is 1. The second-order valence-electron chi connectivity index (χ2n) is 11.1. The van der Waals surface area contributed by atoms with Crippen molar-refractivity contribution in [2.24, 2.45) is 0 Å². The highest BCUT2D eigenvalue weighted by atomic mass is 31.2. The van der Waals surface area contributed by atoms with Gasteiger partial charge in [-0.15, -0.1) is 0 Å². The molecule has 220 valence electrons. The molecule has 0 saturated heterocycles. The van der Waals surface area contributed by atoms with Gasteiger partial charge in [0.15, 0.2) is 0 Å². The Morgan fingerprint density at radius 2 is 1.43 bits per heavy atom. The SMILES string of the molecule is CCCCCCCCCC/C=C/C(O)C(COP(=O)(O)OCC[N+](C)(C)C)NC(=O)CCCCCCC. The zero-order chi connectivity index (χ0) is 28.0. The lowest BCUT2D eigenvalue weighted by molar-refractivity contribution is -0.870. The number of quaternary nitrogens is 1. The molecule has 0 aliphatic heterocycles. The largest absolute Gasteiger partial charge is 0.472 e. The molecule has 3 N–H and O–H groups in total. The number of unbranched alkanes of at least 4 members (excludes halogenated alkanes) is 12. The van der Waals surface area contributed by atoms with E-state index in [2.05, 4.69) is 19.2 Å². The topological polar surface area (TPSA) is 105 Å². The lowest BCUT2D eigenvalue weighted by Crippen LogP contribution is -2.45. The van der Waals surface area contributed by atoms with Crippen molar-refractivity contribution in [2.45, 2.75) is 122 Å². The molecule has 3 atom stereocenters. The quantitative estimate of drug-likeness (QED) is 0.0548. The van der Waals surface area contributed by atoms with Gasteiger partial charge in [0.25, 0.3) is 0 Å². The van der Waals surface area contributed by atoms with Crippen molar-refractivity contribution >= 4 is 13.7 Å². The fourth-order valence-corrected chi connectivity index (χ4v) is 4.54. The van der Waals surface area contributed by atoms with Crippen molar-refractivity contribution in [3.63, 3.8) is 0 Å². The molecule has 0 fully saturated rings. The van der Waals surface area contributed by atoms with Crippen LogP contribution in [0.15, 0.2) is 12.2 Å². The van der Waals surface area contributed by atoms with E-state index in [4.69, 9.17) is 9.05 Å². The summed E-state index contributed by atoms with van der Waals surface area (Å²) in [5, 5.41) is 13.5. The van der Waals surface area contributed by atoms with Crippen LogP contribution < -0.4 is 5.32 Å². The predicted molar refractivity (Wildman–Crippen MR) is 152 cm³/mol. The van der Waals surface area contributed by atoms with Gasteiger partial charge in [0.05, 0.1) is 39.9 Å². The van der Waals surface area contributed by atoms with E-state index in [1.165, 1.54) is 38.5 Å². The summed E-state index contributed by atoms with van der Waals surface area (Å²) in [7, 11) is 1.56. The minimum Gasteiger partial charge on any atom is -0.387 e. The number of amides is 1. The van der Waals surface area contributed by atoms with Crippen LogP contribution >= 0.6 is 7.82 Å². The molecular weight excluding hydrogens is 491 g/mol. The van der Waals surface area contributed by atoms with E-state index in [9.17, 15) is 19.4 Å². The Balaban J connectivity index is 4.69. The molecule has 0 aromatic carbocycles. The van der Waals surface area contributed by atoms with Crippen molar-refractivity contribution < 1.29 is 32.9 Å². The van der Waals surface area contributed by atoms with Crippen molar-refractivity contribution in [3.05, 3.63) is 12.2 Å². The van der Waals surface area contributed by atoms with E-state index in [0.717, 1.165) is 51.4 Å². The average Bonchev–Trinajstić information content (AvgIpc) is 2.81. The number of hydrogen-bond donors (Lipinski definition) is 3. The number of aliphatic hydroxyl groups is 1. The van der Waals surface area contributed by atoms with Gasteiger partial charge >= 0.3 is 7.82 Å². The van der Waals surface area contributed by atoms with E-state index >= 15 is 0 Å². The van der Waals surface area contributed by atoms with E-state index in [1.54, 1.807) is 6.08 Å². The van der Waals surface area contributed by atoms with Crippen LogP contribution in [0.4, 0.5) is 0 Å².